The molecule has 26 heavy (non-hydrogen) atoms. The van der Waals surface area contributed by atoms with Crippen LogP contribution in [0.15, 0.2) is 36.5 Å². The van der Waals surface area contributed by atoms with Gasteiger partial charge in [-0.05, 0) is 50.1 Å². The number of nitrogens with zero attached hydrogens (tertiary/aromatic N) is 4. The second-order valence-corrected chi connectivity index (χ2v) is 7.07. The van der Waals surface area contributed by atoms with E-state index in [-0.39, 0.29) is 5.97 Å². The number of benzene rings is 1. The summed E-state index contributed by atoms with van der Waals surface area (Å²) in [7, 11) is 1.40. The fourth-order valence-corrected chi connectivity index (χ4v) is 3.52. The smallest absolute Gasteiger partial charge is 0.337 e. The molecule has 1 unspecified atom stereocenters. The maximum atomic E-state index is 11.6. The van der Waals surface area contributed by atoms with Crippen LogP contribution in [-0.4, -0.2) is 48.7 Å². The molecule has 0 bridgehead atoms. The van der Waals surface area contributed by atoms with Crippen molar-refractivity contribution in [3.05, 3.63) is 47.9 Å². The van der Waals surface area contributed by atoms with Crippen LogP contribution in [0.5, 0.6) is 0 Å². The first-order valence-corrected chi connectivity index (χ1v) is 9.18. The average Bonchev–Trinajstić information content (AvgIpc) is 3.53. The Morgan fingerprint density at radius 2 is 1.92 bits per heavy atom. The fourth-order valence-electron chi connectivity index (χ4n) is 3.52. The highest BCUT2D eigenvalue weighted by atomic mass is 16.5. The molecular weight excluding hydrogens is 328 g/mol. The number of aromatic nitrogens is 2. The van der Waals surface area contributed by atoms with Gasteiger partial charge >= 0.3 is 5.97 Å². The first-order valence-electron chi connectivity index (χ1n) is 9.18. The molecule has 2 aliphatic rings. The minimum absolute atomic E-state index is 0.301. The van der Waals surface area contributed by atoms with Crippen molar-refractivity contribution in [1.82, 2.24) is 9.97 Å². The van der Waals surface area contributed by atoms with Crippen molar-refractivity contribution in [2.24, 2.45) is 0 Å². The van der Waals surface area contributed by atoms with Crippen LogP contribution >= 0.6 is 0 Å². The molecule has 2 heterocycles. The van der Waals surface area contributed by atoms with Gasteiger partial charge in [-0.2, -0.15) is 0 Å². The number of hydrogen-bond acceptors (Lipinski definition) is 6. The van der Waals surface area contributed by atoms with E-state index in [2.05, 4.69) is 21.7 Å². The molecule has 0 spiro atoms. The van der Waals surface area contributed by atoms with Crippen molar-refractivity contribution in [2.75, 3.05) is 36.5 Å². The second kappa shape index (κ2) is 6.94. The summed E-state index contributed by atoms with van der Waals surface area (Å²) in [6, 6.07) is 10.00. The normalized spacial score (nSPS) is 20.2. The van der Waals surface area contributed by atoms with Gasteiger partial charge in [0.2, 0.25) is 0 Å². The summed E-state index contributed by atoms with van der Waals surface area (Å²) in [5, 5.41) is 0. The Labute approximate surface area is 153 Å². The van der Waals surface area contributed by atoms with E-state index >= 15 is 0 Å². The lowest BCUT2D eigenvalue weighted by molar-refractivity contribution is 0.0601. The zero-order valence-corrected chi connectivity index (χ0v) is 15.3. The highest BCUT2D eigenvalue weighted by Crippen LogP contribution is 2.38. The lowest BCUT2D eigenvalue weighted by atomic mass is 10.1. The number of ether oxygens (including phenoxy) is 1. The fraction of sp³-hybridized carbons (Fsp3) is 0.450. The summed E-state index contributed by atoms with van der Waals surface area (Å²) in [5.41, 5.74) is 1.71. The monoisotopic (exact) mass is 352 g/mol. The molecule has 136 valence electrons. The zero-order chi connectivity index (χ0) is 18.1. The molecule has 1 saturated carbocycles. The molecule has 2 fully saturated rings. The third kappa shape index (κ3) is 3.36. The number of hydrogen-bond donors (Lipinski definition) is 0. The second-order valence-electron chi connectivity index (χ2n) is 7.07. The van der Waals surface area contributed by atoms with Crippen molar-refractivity contribution in [1.29, 1.82) is 0 Å². The summed E-state index contributed by atoms with van der Waals surface area (Å²) < 4.78 is 4.76. The van der Waals surface area contributed by atoms with E-state index in [4.69, 9.17) is 9.72 Å². The van der Waals surface area contributed by atoms with E-state index in [0.717, 1.165) is 37.0 Å². The number of esters is 1. The maximum absolute atomic E-state index is 11.6. The van der Waals surface area contributed by atoms with Crippen LogP contribution < -0.4 is 9.80 Å². The summed E-state index contributed by atoms with van der Waals surface area (Å²) in [6.45, 7) is 4.99. The van der Waals surface area contributed by atoms with Crippen LogP contribution in [0.25, 0.3) is 0 Å². The van der Waals surface area contributed by atoms with E-state index in [9.17, 15) is 4.79 Å². The van der Waals surface area contributed by atoms with Gasteiger partial charge in [0.1, 0.15) is 11.6 Å². The third-order valence-corrected chi connectivity index (χ3v) is 5.18. The first-order chi connectivity index (χ1) is 12.7. The molecule has 6 nitrogen and oxygen atoms in total. The predicted molar refractivity (Wildman–Crippen MR) is 101 cm³/mol. The molecule has 0 N–H and O–H groups in total. The number of anilines is 2. The van der Waals surface area contributed by atoms with Crippen molar-refractivity contribution in [3.8, 4) is 0 Å². The van der Waals surface area contributed by atoms with Gasteiger partial charge < -0.3 is 14.5 Å². The number of carbonyl (C=O) groups is 1. The molecule has 4 rings (SSSR count). The Kier molecular flexibility index (Phi) is 4.49. The van der Waals surface area contributed by atoms with Crippen molar-refractivity contribution in [3.63, 3.8) is 0 Å². The Balaban J connectivity index is 1.44. The lowest BCUT2D eigenvalue weighted by Gasteiger charge is -2.41. The van der Waals surface area contributed by atoms with Crippen LogP contribution in [0.4, 0.5) is 11.5 Å². The van der Waals surface area contributed by atoms with Crippen molar-refractivity contribution < 1.29 is 9.53 Å². The topological polar surface area (TPSA) is 58.6 Å². The standard InChI is InChI=1S/C20H24N4O2/c1-14-13-23(17-7-5-16(6-8-17)20(25)26-2)11-12-24(14)18-9-10-21-19(22-18)15-3-4-15/h5-10,14-15H,3-4,11-13H2,1-2H3. The van der Waals surface area contributed by atoms with Crippen LogP contribution in [0.3, 0.4) is 0 Å². The molecule has 1 aromatic heterocycles. The number of piperazine rings is 1. The van der Waals surface area contributed by atoms with E-state index in [0.29, 0.717) is 17.5 Å². The van der Waals surface area contributed by atoms with Gasteiger partial charge in [-0.3, -0.25) is 0 Å². The van der Waals surface area contributed by atoms with Crippen LogP contribution in [0, 0.1) is 0 Å². The highest BCUT2D eigenvalue weighted by molar-refractivity contribution is 5.89. The first kappa shape index (κ1) is 16.8. The Morgan fingerprint density at radius 3 is 2.58 bits per heavy atom. The molecule has 6 heteroatoms. The van der Waals surface area contributed by atoms with E-state index in [1.54, 1.807) is 0 Å². The molecule has 1 atom stereocenters. The number of methoxy groups -OCH3 is 1. The average molecular weight is 352 g/mol. The van der Waals surface area contributed by atoms with Crippen LogP contribution in [-0.2, 0) is 4.74 Å². The highest BCUT2D eigenvalue weighted by Gasteiger charge is 2.29. The Hall–Kier alpha value is -2.63. The largest absolute Gasteiger partial charge is 0.465 e. The maximum Gasteiger partial charge on any atom is 0.337 e. The van der Waals surface area contributed by atoms with E-state index in [1.165, 1.54) is 20.0 Å². The van der Waals surface area contributed by atoms with Gasteiger partial charge in [0, 0.05) is 43.5 Å². The zero-order valence-electron chi connectivity index (χ0n) is 15.3. The van der Waals surface area contributed by atoms with Gasteiger partial charge in [-0.25, -0.2) is 14.8 Å². The van der Waals surface area contributed by atoms with Gasteiger partial charge in [0.25, 0.3) is 0 Å². The molecule has 2 aromatic rings. The van der Waals surface area contributed by atoms with Gasteiger partial charge in [0.05, 0.1) is 12.7 Å². The molecule has 1 aromatic carbocycles. The number of rotatable bonds is 4. The third-order valence-electron chi connectivity index (χ3n) is 5.18. The van der Waals surface area contributed by atoms with E-state index in [1.807, 2.05) is 36.5 Å². The van der Waals surface area contributed by atoms with Crippen molar-refractivity contribution in [2.45, 2.75) is 31.7 Å². The minimum Gasteiger partial charge on any atom is -0.465 e. The van der Waals surface area contributed by atoms with Crippen molar-refractivity contribution >= 4 is 17.5 Å². The Morgan fingerprint density at radius 1 is 1.15 bits per heavy atom. The van der Waals surface area contributed by atoms with Gasteiger partial charge in [-0.1, -0.05) is 0 Å². The lowest BCUT2D eigenvalue weighted by Crippen LogP contribution is -2.52. The molecule has 1 saturated heterocycles. The summed E-state index contributed by atoms with van der Waals surface area (Å²) in [4.78, 5) is 25.5. The Bertz CT molecular complexity index is 789. The minimum atomic E-state index is -0.301. The molecule has 0 radical (unpaired) electrons. The predicted octanol–water partition coefficient (Wildman–Crippen LogP) is 2.86. The summed E-state index contributed by atoms with van der Waals surface area (Å²) in [6.07, 6.45) is 4.32. The molecular formula is C20H24N4O2. The molecule has 1 aliphatic carbocycles. The van der Waals surface area contributed by atoms with Gasteiger partial charge in [-0.15, -0.1) is 0 Å². The SMILES string of the molecule is COC(=O)c1ccc(N2CCN(c3ccnc(C4CC4)n3)C(C)C2)cc1. The van der Waals surface area contributed by atoms with Crippen LogP contribution in [0.1, 0.15) is 41.9 Å². The van der Waals surface area contributed by atoms with E-state index < -0.39 is 0 Å². The molecule has 1 aliphatic heterocycles. The molecule has 0 amide bonds. The quantitative estimate of drug-likeness (QED) is 0.789. The summed E-state index contributed by atoms with van der Waals surface area (Å²) >= 11 is 0. The van der Waals surface area contributed by atoms with Crippen LogP contribution in [0.2, 0.25) is 0 Å². The van der Waals surface area contributed by atoms with Gasteiger partial charge in [0.15, 0.2) is 0 Å². The number of carbonyl (C=O) groups excluding carboxylic acids is 1. The summed E-state index contributed by atoms with van der Waals surface area (Å²) in [5.74, 6) is 2.30.